The Kier molecular flexibility index (Phi) is 2.42. The lowest BCUT2D eigenvalue weighted by atomic mass is 10.3. The minimum absolute atomic E-state index is 0.177. The molecule has 0 radical (unpaired) electrons. The van der Waals surface area contributed by atoms with Crippen molar-refractivity contribution >= 4 is 8.60 Å². The minimum atomic E-state index is -1.02. The predicted molar refractivity (Wildman–Crippen MR) is 35.0 cm³/mol. The summed E-state index contributed by atoms with van der Waals surface area (Å²) >= 11 is 0. The average Bonchev–Trinajstić information content (AvgIpc) is 2.13. The molecular weight excluding hydrogens is 139 g/mol. The van der Waals surface area contributed by atoms with Crippen LogP contribution in [-0.2, 0) is 13.6 Å². The van der Waals surface area contributed by atoms with Crippen LogP contribution in [0, 0.1) is 0 Å². The van der Waals surface area contributed by atoms with Gasteiger partial charge in [-0.3, -0.25) is 0 Å². The highest BCUT2D eigenvalue weighted by Gasteiger charge is 2.30. The van der Waals surface area contributed by atoms with Crippen molar-refractivity contribution in [2.24, 2.45) is 0 Å². The summed E-state index contributed by atoms with van der Waals surface area (Å²) in [6, 6.07) is 0. The van der Waals surface area contributed by atoms with Gasteiger partial charge in [-0.1, -0.05) is 0 Å². The van der Waals surface area contributed by atoms with Gasteiger partial charge in [0.25, 0.3) is 0 Å². The molecule has 0 saturated carbocycles. The molecule has 1 fully saturated rings. The maximum atomic E-state index is 5.24. The summed E-state index contributed by atoms with van der Waals surface area (Å²) in [5.41, 5.74) is 0. The van der Waals surface area contributed by atoms with Gasteiger partial charge in [0.1, 0.15) is 0 Å². The van der Waals surface area contributed by atoms with E-state index in [0.29, 0.717) is 0 Å². The lowest BCUT2D eigenvalue weighted by Crippen LogP contribution is -2.13. The van der Waals surface area contributed by atoms with Crippen LogP contribution in [0.1, 0.15) is 13.8 Å². The van der Waals surface area contributed by atoms with Crippen molar-refractivity contribution in [1.29, 1.82) is 0 Å². The highest BCUT2D eigenvalue weighted by Crippen LogP contribution is 2.48. The van der Waals surface area contributed by atoms with E-state index in [9.17, 15) is 0 Å². The third kappa shape index (κ3) is 1.62. The Morgan fingerprint density at radius 3 is 1.89 bits per heavy atom. The molecule has 0 aliphatic carbocycles. The average molecular weight is 150 g/mol. The van der Waals surface area contributed by atoms with E-state index in [4.69, 9.17) is 13.6 Å². The third-order valence-corrected chi connectivity index (χ3v) is 2.62. The first-order valence-corrected chi connectivity index (χ1v) is 4.01. The van der Waals surface area contributed by atoms with Crippen molar-refractivity contribution in [2.75, 3.05) is 7.11 Å². The molecule has 0 bridgehead atoms. The molecule has 0 N–H and O–H groups in total. The second-order valence-electron chi connectivity index (χ2n) is 2.03. The second kappa shape index (κ2) is 2.93. The molecule has 0 amide bonds. The molecule has 9 heavy (non-hydrogen) atoms. The molecule has 2 unspecified atom stereocenters. The molecule has 0 spiro atoms. The molecule has 1 heterocycles. The topological polar surface area (TPSA) is 27.7 Å². The van der Waals surface area contributed by atoms with E-state index in [0.717, 1.165) is 0 Å². The SMILES string of the molecule is COP1OC(C)C(C)O1. The number of hydrogen-bond donors (Lipinski definition) is 0. The molecule has 0 aromatic carbocycles. The molecule has 1 saturated heterocycles. The van der Waals surface area contributed by atoms with E-state index in [1.807, 2.05) is 13.8 Å². The maximum absolute atomic E-state index is 5.24. The molecule has 54 valence electrons. The summed E-state index contributed by atoms with van der Waals surface area (Å²) in [6.45, 7) is 3.96. The quantitative estimate of drug-likeness (QED) is 0.532. The van der Waals surface area contributed by atoms with Crippen LogP contribution < -0.4 is 0 Å². The van der Waals surface area contributed by atoms with Gasteiger partial charge in [0, 0.05) is 7.11 Å². The Labute approximate surface area is 56.3 Å². The molecular formula is C5H11O3P. The standard InChI is InChI=1S/C5H11O3P/c1-4-5(2)8-9(6-3)7-4/h4-5H,1-3H3. The van der Waals surface area contributed by atoms with Crippen LogP contribution in [-0.4, -0.2) is 19.3 Å². The van der Waals surface area contributed by atoms with Crippen LogP contribution in [0.5, 0.6) is 0 Å². The monoisotopic (exact) mass is 150 g/mol. The zero-order valence-electron chi connectivity index (χ0n) is 5.83. The molecule has 1 aliphatic heterocycles. The number of hydrogen-bond acceptors (Lipinski definition) is 3. The molecule has 0 aromatic heterocycles. The van der Waals surface area contributed by atoms with Gasteiger partial charge >= 0.3 is 8.60 Å². The van der Waals surface area contributed by atoms with Gasteiger partial charge < -0.3 is 13.6 Å². The van der Waals surface area contributed by atoms with Gasteiger partial charge in [-0.25, -0.2) is 0 Å². The van der Waals surface area contributed by atoms with E-state index in [2.05, 4.69) is 0 Å². The zero-order chi connectivity index (χ0) is 6.85. The molecule has 0 aromatic rings. The number of rotatable bonds is 1. The Hall–Kier alpha value is 0.310. The molecule has 3 nitrogen and oxygen atoms in total. The zero-order valence-corrected chi connectivity index (χ0v) is 6.72. The highest BCUT2D eigenvalue weighted by atomic mass is 31.2. The lowest BCUT2D eigenvalue weighted by molar-refractivity contribution is 0.187. The Balaban J connectivity index is 2.35. The largest absolute Gasteiger partial charge is 0.333 e. The second-order valence-corrected chi connectivity index (χ2v) is 3.26. The minimum Gasteiger partial charge on any atom is -0.316 e. The summed E-state index contributed by atoms with van der Waals surface area (Å²) in [5.74, 6) is 0. The summed E-state index contributed by atoms with van der Waals surface area (Å²) in [4.78, 5) is 0. The van der Waals surface area contributed by atoms with Crippen LogP contribution >= 0.6 is 8.60 Å². The summed E-state index contributed by atoms with van der Waals surface area (Å²) < 4.78 is 15.4. The fraction of sp³-hybridized carbons (Fsp3) is 1.00. The Bertz CT molecular complexity index is 88.2. The van der Waals surface area contributed by atoms with Gasteiger partial charge in [0.05, 0.1) is 12.2 Å². The normalized spacial score (nSPS) is 43.7. The predicted octanol–water partition coefficient (Wildman–Crippen LogP) is 1.68. The fourth-order valence-corrected chi connectivity index (χ4v) is 1.66. The first-order chi connectivity index (χ1) is 4.24. The molecule has 2 atom stereocenters. The first-order valence-electron chi connectivity index (χ1n) is 2.92. The summed E-state index contributed by atoms with van der Waals surface area (Å²) in [6.07, 6.45) is 0.354. The van der Waals surface area contributed by atoms with Crippen LogP contribution in [0.25, 0.3) is 0 Å². The van der Waals surface area contributed by atoms with Crippen molar-refractivity contribution in [3.63, 3.8) is 0 Å². The molecule has 1 aliphatic rings. The van der Waals surface area contributed by atoms with E-state index in [1.165, 1.54) is 0 Å². The van der Waals surface area contributed by atoms with Crippen molar-refractivity contribution in [2.45, 2.75) is 26.1 Å². The Morgan fingerprint density at radius 1 is 1.22 bits per heavy atom. The van der Waals surface area contributed by atoms with Gasteiger partial charge in [-0.05, 0) is 13.8 Å². The van der Waals surface area contributed by atoms with Crippen molar-refractivity contribution < 1.29 is 13.6 Å². The van der Waals surface area contributed by atoms with Crippen LogP contribution in [0.3, 0.4) is 0 Å². The van der Waals surface area contributed by atoms with E-state index in [1.54, 1.807) is 7.11 Å². The van der Waals surface area contributed by atoms with E-state index in [-0.39, 0.29) is 12.2 Å². The molecule has 1 rings (SSSR count). The highest BCUT2D eigenvalue weighted by molar-refractivity contribution is 7.42. The van der Waals surface area contributed by atoms with E-state index < -0.39 is 8.60 Å². The van der Waals surface area contributed by atoms with Gasteiger partial charge in [-0.2, -0.15) is 0 Å². The third-order valence-electron chi connectivity index (χ3n) is 1.31. The van der Waals surface area contributed by atoms with Crippen molar-refractivity contribution in [3.8, 4) is 0 Å². The van der Waals surface area contributed by atoms with E-state index >= 15 is 0 Å². The smallest absolute Gasteiger partial charge is 0.316 e. The van der Waals surface area contributed by atoms with Gasteiger partial charge in [0.15, 0.2) is 0 Å². The Morgan fingerprint density at radius 2 is 1.67 bits per heavy atom. The van der Waals surface area contributed by atoms with Crippen molar-refractivity contribution in [1.82, 2.24) is 0 Å². The maximum Gasteiger partial charge on any atom is 0.333 e. The first kappa shape index (κ1) is 7.42. The van der Waals surface area contributed by atoms with Gasteiger partial charge in [-0.15, -0.1) is 0 Å². The van der Waals surface area contributed by atoms with Crippen LogP contribution in [0.2, 0.25) is 0 Å². The van der Waals surface area contributed by atoms with Gasteiger partial charge in [0.2, 0.25) is 0 Å². The van der Waals surface area contributed by atoms with Crippen molar-refractivity contribution in [3.05, 3.63) is 0 Å². The summed E-state index contributed by atoms with van der Waals surface area (Å²) in [5, 5.41) is 0. The van der Waals surface area contributed by atoms with Crippen LogP contribution in [0.15, 0.2) is 0 Å². The summed E-state index contributed by atoms with van der Waals surface area (Å²) in [7, 11) is 0.572. The van der Waals surface area contributed by atoms with Crippen LogP contribution in [0.4, 0.5) is 0 Å². The fourth-order valence-electron chi connectivity index (χ4n) is 0.554. The molecule has 4 heteroatoms. The lowest BCUT2D eigenvalue weighted by Gasteiger charge is -2.01.